The first-order chi connectivity index (χ1) is 14.4. The topological polar surface area (TPSA) is 90.3 Å². The van der Waals surface area contributed by atoms with Crippen molar-refractivity contribution in [3.63, 3.8) is 0 Å². The van der Waals surface area contributed by atoms with Gasteiger partial charge in [0.05, 0.1) is 19.1 Å². The van der Waals surface area contributed by atoms with E-state index in [2.05, 4.69) is 0 Å². The van der Waals surface area contributed by atoms with Gasteiger partial charge in [-0.3, -0.25) is 4.79 Å². The molecule has 9 heteroatoms. The summed E-state index contributed by atoms with van der Waals surface area (Å²) in [6, 6.07) is 10.0. The molecule has 2 aliphatic rings. The molecular weight excluding hydrogens is 390 g/mol. The highest BCUT2D eigenvalue weighted by Gasteiger charge is 2.35. The lowest BCUT2D eigenvalue weighted by Gasteiger charge is -2.38. The minimum Gasteiger partial charge on any atom is -0.491 e. The monoisotopic (exact) mass is 412 g/mol. The van der Waals surface area contributed by atoms with Crippen LogP contribution in [-0.4, -0.2) is 58.5 Å². The molecule has 2 amide bonds. The lowest BCUT2D eigenvalue weighted by atomic mass is 9.79. The average molecular weight is 412 g/mol. The van der Waals surface area contributed by atoms with Crippen LogP contribution < -0.4 is 10.2 Å². The number of carbonyl (C=O) groups is 2. The van der Waals surface area contributed by atoms with Crippen molar-refractivity contribution in [1.29, 1.82) is 0 Å². The Morgan fingerprint density at radius 2 is 2.00 bits per heavy atom. The molecule has 2 heterocycles. The number of halogens is 1. The zero-order valence-corrected chi connectivity index (χ0v) is 16.3. The van der Waals surface area contributed by atoms with Crippen LogP contribution in [0, 0.1) is 5.82 Å². The number of Topliss-reactive ketones (excluding diaryl/α,β-unsaturated/α-hetero) is 1. The van der Waals surface area contributed by atoms with Gasteiger partial charge in [-0.25, -0.2) is 9.18 Å². The van der Waals surface area contributed by atoms with Gasteiger partial charge in [-0.15, -0.1) is 0 Å². The number of benzene rings is 2. The standard InChI is InChI=1S/C21H22BFN2O5/c23-17-3-1-2-14(11-17)19-12-18(26)6-7-25(19)21(27)24-8-9-30-20-5-4-16(22(28)29)10-15(20)13-24/h1-5,10-11,19,28-29H,6-9,12-13H2. The highest BCUT2D eigenvalue weighted by molar-refractivity contribution is 6.58. The minimum atomic E-state index is -1.62. The van der Waals surface area contributed by atoms with E-state index >= 15 is 0 Å². The third kappa shape index (κ3) is 4.17. The molecular formula is C21H22BFN2O5. The van der Waals surface area contributed by atoms with Crippen LogP contribution in [0.15, 0.2) is 42.5 Å². The average Bonchev–Trinajstić information content (AvgIpc) is 2.95. The second-order valence-electron chi connectivity index (χ2n) is 7.55. The molecule has 7 nitrogen and oxygen atoms in total. The van der Waals surface area contributed by atoms with Gasteiger partial charge in [0.15, 0.2) is 0 Å². The van der Waals surface area contributed by atoms with Crippen LogP contribution in [0.4, 0.5) is 9.18 Å². The van der Waals surface area contributed by atoms with E-state index in [0.29, 0.717) is 28.9 Å². The van der Waals surface area contributed by atoms with Crippen molar-refractivity contribution < 1.29 is 28.8 Å². The molecule has 156 valence electrons. The molecule has 0 radical (unpaired) electrons. The van der Waals surface area contributed by atoms with E-state index in [1.54, 1.807) is 40.1 Å². The Labute approximate surface area is 173 Å². The molecule has 1 saturated heterocycles. The smallest absolute Gasteiger partial charge is 0.488 e. The van der Waals surface area contributed by atoms with Crippen LogP contribution >= 0.6 is 0 Å². The van der Waals surface area contributed by atoms with E-state index in [-0.39, 0.29) is 44.4 Å². The van der Waals surface area contributed by atoms with E-state index in [9.17, 15) is 24.0 Å². The summed E-state index contributed by atoms with van der Waals surface area (Å²) in [5.74, 6) is 0.217. The molecule has 1 unspecified atom stereocenters. The molecule has 1 fully saturated rings. The van der Waals surface area contributed by atoms with Crippen molar-refractivity contribution in [1.82, 2.24) is 9.80 Å². The summed E-state index contributed by atoms with van der Waals surface area (Å²) in [6.45, 7) is 1.12. The Morgan fingerprint density at radius 1 is 1.17 bits per heavy atom. The van der Waals surface area contributed by atoms with Crippen LogP contribution in [-0.2, 0) is 11.3 Å². The van der Waals surface area contributed by atoms with Gasteiger partial charge in [0.25, 0.3) is 0 Å². The summed E-state index contributed by atoms with van der Waals surface area (Å²) in [4.78, 5) is 28.7. The maximum atomic E-state index is 13.8. The van der Waals surface area contributed by atoms with Gasteiger partial charge in [-0.1, -0.05) is 24.3 Å². The predicted octanol–water partition coefficient (Wildman–Crippen LogP) is 1.23. The van der Waals surface area contributed by atoms with Gasteiger partial charge in [0.2, 0.25) is 0 Å². The molecule has 1 atom stereocenters. The predicted molar refractivity (Wildman–Crippen MR) is 108 cm³/mol. The number of rotatable bonds is 2. The number of amides is 2. The van der Waals surface area contributed by atoms with Gasteiger partial charge in [-0.05, 0) is 29.2 Å². The van der Waals surface area contributed by atoms with Crippen LogP contribution in [0.3, 0.4) is 0 Å². The number of nitrogens with zero attached hydrogens (tertiary/aromatic N) is 2. The number of urea groups is 1. The van der Waals surface area contributed by atoms with E-state index in [1.165, 1.54) is 12.1 Å². The Kier molecular flexibility index (Phi) is 5.74. The molecule has 30 heavy (non-hydrogen) atoms. The molecule has 2 N–H and O–H groups in total. The van der Waals surface area contributed by atoms with Crippen LogP contribution in [0.5, 0.6) is 5.75 Å². The maximum Gasteiger partial charge on any atom is 0.488 e. The summed E-state index contributed by atoms with van der Waals surface area (Å²) < 4.78 is 19.5. The first kappa shape index (κ1) is 20.4. The zero-order chi connectivity index (χ0) is 21.3. The number of carbonyl (C=O) groups excluding carboxylic acids is 2. The number of ether oxygens (including phenoxy) is 1. The van der Waals surface area contributed by atoms with Crippen molar-refractivity contribution in [2.45, 2.75) is 25.4 Å². The molecule has 0 spiro atoms. The van der Waals surface area contributed by atoms with Gasteiger partial charge >= 0.3 is 13.1 Å². The Hall–Kier alpha value is -2.91. The number of fused-ring (bicyclic) bond motifs is 1. The maximum absolute atomic E-state index is 13.8. The largest absolute Gasteiger partial charge is 0.491 e. The lowest BCUT2D eigenvalue weighted by Crippen LogP contribution is -2.48. The molecule has 2 aliphatic heterocycles. The molecule has 0 saturated carbocycles. The fraction of sp³-hybridized carbons (Fsp3) is 0.333. The Morgan fingerprint density at radius 3 is 2.77 bits per heavy atom. The number of piperidine rings is 1. The minimum absolute atomic E-state index is 0.0411. The van der Waals surface area contributed by atoms with Crippen molar-refractivity contribution in [2.24, 2.45) is 0 Å². The van der Waals surface area contributed by atoms with Crippen molar-refractivity contribution in [3.8, 4) is 5.75 Å². The van der Waals surface area contributed by atoms with E-state index in [4.69, 9.17) is 4.74 Å². The van der Waals surface area contributed by atoms with Gasteiger partial charge in [0, 0.05) is 24.9 Å². The van der Waals surface area contributed by atoms with Crippen LogP contribution in [0.1, 0.15) is 30.0 Å². The molecule has 0 bridgehead atoms. The first-order valence-corrected chi connectivity index (χ1v) is 9.87. The van der Waals surface area contributed by atoms with Crippen LogP contribution in [0.2, 0.25) is 0 Å². The molecule has 2 aromatic carbocycles. The van der Waals surface area contributed by atoms with Gasteiger partial charge < -0.3 is 24.6 Å². The van der Waals surface area contributed by atoms with Crippen LogP contribution in [0.25, 0.3) is 0 Å². The summed E-state index contributed by atoms with van der Waals surface area (Å²) in [6.07, 6.45) is 0.413. The summed E-state index contributed by atoms with van der Waals surface area (Å²) in [5, 5.41) is 18.9. The van der Waals surface area contributed by atoms with Gasteiger partial charge in [-0.2, -0.15) is 0 Å². The summed E-state index contributed by atoms with van der Waals surface area (Å²) in [7, 11) is -1.62. The SMILES string of the molecule is O=C1CCN(C(=O)N2CCOc3ccc(B(O)O)cc3C2)C(c2cccc(F)c2)C1. The van der Waals surface area contributed by atoms with E-state index in [1.807, 2.05) is 0 Å². The Bertz CT molecular complexity index is 970. The second-order valence-corrected chi connectivity index (χ2v) is 7.55. The van der Waals surface area contributed by atoms with Crippen molar-refractivity contribution in [2.75, 3.05) is 19.7 Å². The second kappa shape index (κ2) is 8.45. The highest BCUT2D eigenvalue weighted by Crippen LogP contribution is 2.32. The fourth-order valence-corrected chi connectivity index (χ4v) is 3.99. The summed E-state index contributed by atoms with van der Waals surface area (Å²) >= 11 is 0. The highest BCUT2D eigenvalue weighted by atomic mass is 19.1. The van der Waals surface area contributed by atoms with Crippen molar-refractivity contribution in [3.05, 3.63) is 59.4 Å². The third-order valence-corrected chi connectivity index (χ3v) is 5.54. The number of ketones is 1. The van der Waals surface area contributed by atoms with E-state index in [0.717, 1.165) is 0 Å². The quantitative estimate of drug-likeness (QED) is 0.725. The lowest BCUT2D eigenvalue weighted by molar-refractivity contribution is -0.122. The molecule has 4 rings (SSSR count). The Balaban J connectivity index is 1.60. The number of hydrogen-bond acceptors (Lipinski definition) is 5. The normalized spacial score (nSPS) is 19.0. The molecule has 0 aliphatic carbocycles. The third-order valence-electron chi connectivity index (χ3n) is 5.54. The van der Waals surface area contributed by atoms with Gasteiger partial charge in [0.1, 0.15) is 24.0 Å². The summed E-state index contributed by atoms with van der Waals surface area (Å²) in [5.41, 5.74) is 1.57. The number of likely N-dealkylation sites (tertiary alicyclic amines) is 1. The fourth-order valence-electron chi connectivity index (χ4n) is 3.99. The first-order valence-electron chi connectivity index (χ1n) is 9.87. The number of hydrogen-bond donors (Lipinski definition) is 2. The molecule has 2 aromatic rings. The van der Waals surface area contributed by atoms with Crippen molar-refractivity contribution >= 4 is 24.4 Å². The zero-order valence-electron chi connectivity index (χ0n) is 16.3. The van der Waals surface area contributed by atoms with E-state index < -0.39 is 19.0 Å². The molecule has 0 aromatic heterocycles.